The molecule has 0 spiro atoms. The van der Waals surface area contributed by atoms with Crippen molar-refractivity contribution in [1.82, 2.24) is 15.2 Å². The van der Waals surface area contributed by atoms with Crippen LogP contribution in [0.3, 0.4) is 0 Å². The number of nitrogens with one attached hydrogen (secondary N) is 3. The van der Waals surface area contributed by atoms with Gasteiger partial charge in [0.05, 0.1) is 5.70 Å². The van der Waals surface area contributed by atoms with E-state index in [0.29, 0.717) is 29.4 Å². The van der Waals surface area contributed by atoms with Crippen molar-refractivity contribution in [2.45, 2.75) is 52.0 Å². The average Bonchev–Trinajstić information content (AvgIpc) is 3.22. The molecule has 0 fully saturated rings. The molecule has 2 aromatic carbocycles. The van der Waals surface area contributed by atoms with Crippen LogP contribution in [-0.2, 0) is 6.42 Å². The van der Waals surface area contributed by atoms with Crippen LogP contribution in [0.4, 0.5) is 0 Å². The lowest BCUT2D eigenvalue weighted by Crippen LogP contribution is -2.27. The van der Waals surface area contributed by atoms with Crippen LogP contribution >= 0.6 is 0 Å². The fourth-order valence-electron chi connectivity index (χ4n) is 4.88. The molecule has 0 radical (unpaired) electrons. The van der Waals surface area contributed by atoms with Gasteiger partial charge in [-0.25, -0.2) is 0 Å². The van der Waals surface area contributed by atoms with Crippen molar-refractivity contribution >= 4 is 28.9 Å². The number of nitrogens with zero attached hydrogens (tertiary/aromatic N) is 1. The molecule has 0 bridgehead atoms. The highest BCUT2D eigenvalue weighted by molar-refractivity contribution is 6.03. The Balaban J connectivity index is 1.45. The molecule has 3 aromatic rings. The molecule has 4 rings (SSSR count). The van der Waals surface area contributed by atoms with Crippen LogP contribution < -0.4 is 10.6 Å². The predicted octanol–water partition coefficient (Wildman–Crippen LogP) is 5.65. The van der Waals surface area contributed by atoms with E-state index in [1.807, 2.05) is 30.3 Å². The van der Waals surface area contributed by atoms with E-state index in [-0.39, 0.29) is 17.9 Å². The lowest BCUT2D eigenvalue weighted by atomic mass is 9.98. The third-order valence-electron chi connectivity index (χ3n) is 7.02. The van der Waals surface area contributed by atoms with Crippen molar-refractivity contribution in [2.24, 2.45) is 5.92 Å². The van der Waals surface area contributed by atoms with Crippen molar-refractivity contribution in [2.75, 3.05) is 6.54 Å². The summed E-state index contributed by atoms with van der Waals surface area (Å²) in [6.45, 7) is 4.92. The molecule has 0 saturated carbocycles. The number of amides is 2. The minimum atomic E-state index is -0.251. The molecule has 2 unspecified atom stereocenters. The summed E-state index contributed by atoms with van der Waals surface area (Å²) >= 11 is 0. The molecule has 1 aliphatic rings. The van der Waals surface area contributed by atoms with Gasteiger partial charge < -0.3 is 20.6 Å². The second kappa shape index (κ2) is 11.2. The second-order valence-electron chi connectivity index (χ2n) is 9.28. The number of carbonyl (C=O) groups is 2. The summed E-state index contributed by atoms with van der Waals surface area (Å²) in [5, 5.41) is 14.6. The lowest BCUT2D eigenvalue weighted by Gasteiger charge is -2.23. The molecule has 35 heavy (non-hydrogen) atoms. The van der Waals surface area contributed by atoms with Crippen molar-refractivity contribution in [1.29, 1.82) is 5.41 Å². The lowest BCUT2D eigenvalue weighted by molar-refractivity contribution is 0.0945. The third kappa shape index (κ3) is 5.53. The first-order valence-electron chi connectivity index (χ1n) is 12.5. The fraction of sp³-hybridized carbons (Fsp3) is 0.345. The number of aryl methyl sites for hydroxylation is 1. The number of carbonyl (C=O) groups excluding carboxylic acids is 2. The van der Waals surface area contributed by atoms with E-state index in [1.54, 1.807) is 6.07 Å². The number of rotatable bonds is 9. The predicted molar refractivity (Wildman–Crippen MR) is 141 cm³/mol. The van der Waals surface area contributed by atoms with E-state index in [0.717, 1.165) is 43.0 Å². The number of benzene rings is 2. The van der Waals surface area contributed by atoms with E-state index in [1.165, 1.54) is 11.8 Å². The Hall–Kier alpha value is -3.67. The summed E-state index contributed by atoms with van der Waals surface area (Å²) in [6, 6.07) is 18.0. The Kier molecular flexibility index (Phi) is 7.80. The smallest absolute Gasteiger partial charge is 0.267 e. The number of fused-ring (bicyclic) bond motifs is 3. The van der Waals surface area contributed by atoms with E-state index < -0.39 is 0 Å². The normalized spacial score (nSPS) is 18.0. The van der Waals surface area contributed by atoms with E-state index in [4.69, 9.17) is 5.41 Å². The monoisotopic (exact) mass is 470 g/mol. The first kappa shape index (κ1) is 24.5. The van der Waals surface area contributed by atoms with E-state index >= 15 is 0 Å². The van der Waals surface area contributed by atoms with Crippen LogP contribution in [0.5, 0.6) is 0 Å². The van der Waals surface area contributed by atoms with Crippen LogP contribution in [0, 0.1) is 11.3 Å². The van der Waals surface area contributed by atoms with Gasteiger partial charge in [-0.1, -0.05) is 49.4 Å². The van der Waals surface area contributed by atoms with Crippen molar-refractivity contribution in [3.05, 3.63) is 83.2 Å². The third-order valence-corrected chi connectivity index (χ3v) is 7.02. The molecule has 0 saturated heterocycles. The number of unbranched alkanes of at least 4 members (excludes halogenated alkanes) is 2. The summed E-state index contributed by atoms with van der Waals surface area (Å²) in [7, 11) is 0. The topological polar surface area (TPSA) is 87.0 Å². The minimum Gasteiger partial charge on any atom is -0.350 e. The molecule has 182 valence electrons. The van der Waals surface area contributed by atoms with Gasteiger partial charge in [-0.2, -0.15) is 0 Å². The summed E-state index contributed by atoms with van der Waals surface area (Å²) in [4.78, 5) is 25.7. The molecule has 2 atom stereocenters. The second-order valence-corrected chi connectivity index (χ2v) is 9.28. The number of hydrogen-bond donors (Lipinski definition) is 3. The standard InChI is InChI=1S/C29H34N4O2/c1-3-22-19-31-29(35)27-16-23-14-15-24(17-26(23)33(27)20(22)2)28(34)32-25(18-30)13-9-5-8-12-21-10-6-4-7-11-21/h4,6-7,10-11,13-18,20,22,30H,3,5,8-9,12,19H2,1-2H3,(H,31,35)(H,32,34). The molecule has 6 heteroatoms. The molecule has 2 amide bonds. The Bertz CT molecular complexity index is 1240. The maximum atomic E-state index is 13.0. The highest BCUT2D eigenvalue weighted by Gasteiger charge is 2.28. The van der Waals surface area contributed by atoms with Gasteiger partial charge in [0, 0.05) is 35.3 Å². The maximum Gasteiger partial charge on any atom is 0.267 e. The highest BCUT2D eigenvalue weighted by Crippen LogP contribution is 2.32. The van der Waals surface area contributed by atoms with Gasteiger partial charge in [-0.15, -0.1) is 0 Å². The average molecular weight is 471 g/mol. The quantitative estimate of drug-likeness (QED) is 0.279. The van der Waals surface area contributed by atoms with E-state index in [9.17, 15) is 9.59 Å². The Morgan fingerprint density at radius 3 is 2.71 bits per heavy atom. The van der Waals surface area contributed by atoms with Crippen molar-refractivity contribution < 1.29 is 9.59 Å². The van der Waals surface area contributed by atoms with Crippen molar-refractivity contribution in [3.63, 3.8) is 0 Å². The first-order chi connectivity index (χ1) is 17.0. The minimum absolute atomic E-state index is 0.0729. The largest absolute Gasteiger partial charge is 0.350 e. The van der Waals surface area contributed by atoms with Gasteiger partial charge in [-0.3, -0.25) is 9.59 Å². The molecule has 0 aliphatic carbocycles. The number of aromatic nitrogens is 1. The Morgan fingerprint density at radius 1 is 1.17 bits per heavy atom. The molecule has 6 nitrogen and oxygen atoms in total. The van der Waals surface area contributed by atoms with Crippen molar-refractivity contribution in [3.8, 4) is 0 Å². The Morgan fingerprint density at radius 2 is 1.97 bits per heavy atom. The van der Waals surface area contributed by atoms with Gasteiger partial charge >= 0.3 is 0 Å². The van der Waals surface area contributed by atoms with Crippen LogP contribution in [0.25, 0.3) is 10.9 Å². The van der Waals surface area contributed by atoms with Crippen LogP contribution in [0.15, 0.2) is 66.4 Å². The Labute approximate surface area is 206 Å². The molecular weight excluding hydrogens is 436 g/mol. The van der Waals surface area contributed by atoms with Gasteiger partial charge in [0.15, 0.2) is 0 Å². The first-order valence-corrected chi connectivity index (χ1v) is 12.5. The SMILES string of the molecule is CCC1CNC(=O)c2cc3ccc(C(=O)NC(C=N)=CCCCCc4ccccc4)cc3n2C1C. The van der Waals surface area contributed by atoms with Gasteiger partial charge in [0.25, 0.3) is 11.8 Å². The van der Waals surface area contributed by atoms with E-state index in [2.05, 4.69) is 53.3 Å². The molecular formula is C29H34N4O2. The summed E-state index contributed by atoms with van der Waals surface area (Å²) in [5.74, 6) is -0.00170. The molecule has 1 aliphatic heterocycles. The van der Waals surface area contributed by atoms with Crippen LogP contribution in [-0.4, -0.2) is 29.1 Å². The maximum absolute atomic E-state index is 13.0. The molecule has 3 N–H and O–H groups in total. The zero-order valence-electron chi connectivity index (χ0n) is 20.5. The number of hydrogen-bond acceptors (Lipinski definition) is 3. The zero-order chi connectivity index (χ0) is 24.8. The van der Waals surface area contributed by atoms with Gasteiger partial charge in [0.1, 0.15) is 5.69 Å². The highest BCUT2D eigenvalue weighted by atomic mass is 16.2. The fourth-order valence-corrected chi connectivity index (χ4v) is 4.88. The van der Waals surface area contributed by atoms with Crippen LogP contribution in [0.2, 0.25) is 0 Å². The summed E-state index contributed by atoms with van der Waals surface area (Å²) in [6.07, 6.45) is 7.93. The van der Waals surface area contributed by atoms with Crippen LogP contribution in [0.1, 0.15) is 72.0 Å². The molecule has 2 heterocycles. The summed E-state index contributed by atoms with van der Waals surface area (Å²) < 4.78 is 2.07. The number of allylic oxidation sites excluding steroid dienone is 2. The summed E-state index contributed by atoms with van der Waals surface area (Å²) in [5.41, 5.74) is 3.86. The van der Waals surface area contributed by atoms with Gasteiger partial charge in [0.2, 0.25) is 0 Å². The zero-order valence-corrected chi connectivity index (χ0v) is 20.5. The molecule has 1 aromatic heterocycles. The van der Waals surface area contributed by atoms with Gasteiger partial charge in [-0.05, 0) is 68.7 Å².